The number of benzene rings is 1. The van der Waals surface area contributed by atoms with Crippen LogP contribution in [0.25, 0.3) is 6.08 Å². The molecule has 1 saturated heterocycles. The lowest BCUT2D eigenvalue weighted by atomic mass is 10.0. The van der Waals surface area contributed by atoms with Crippen molar-refractivity contribution >= 4 is 22.0 Å². The van der Waals surface area contributed by atoms with Gasteiger partial charge in [-0.05, 0) is 72.6 Å². The average Bonchev–Trinajstić information content (AvgIpc) is 3.27. The van der Waals surface area contributed by atoms with Crippen molar-refractivity contribution in [2.75, 3.05) is 26.3 Å². The molecule has 0 bridgehead atoms. The molecule has 1 aromatic carbocycles. The van der Waals surface area contributed by atoms with E-state index < -0.39 is 0 Å². The Morgan fingerprint density at radius 2 is 1.79 bits per heavy atom. The monoisotopic (exact) mass is 385 g/mol. The summed E-state index contributed by atoms with van der Waals surface area (Å²) in [5.41, 5.74) is 7.52. The molecule has 126 valence electrons. The molecule has 24 heavy (non-hydrogen) atoms. The maximum atomic E-state index is 5.58. The summed E-state index contributed by atoms with van der Waals surface area (Å²) in [5.74, 6) is 0. The van der Waals surface area contributed by atoms with E-state index in [0.717, 1.165) is 37.2 Å². The molecule has 2 aliphatic carbocycles. The molecule has 1 fully saturated rings. The predicted octanol–water partition coefficient (Wildman–Crippen LogP) is 5.32. The van der Waals surface area contributed by atoms with E-state index in [1.54, 1.807) is 11.1 Å². The smallest absolute Gasteiger partial charge is 0.0642 e. The summed E-state index contributed by atoms with van der Waals surface area (Å²) in [4.78, 5) is 2.57. The van der Waals surface area contributed by atoms with Crippen LogP contribution in [0.4, 0.5) is 0 Å². The van der Waals surface area contributed by atoms with Crippen molar-refractivity contribution in [3.63, 3.8) is 0 Å². The van der Waals surface area contributed by atoms with E-state index in [2.05, 4.69) is 57.2 Å². The highest BCUT2D eigenvalue weighted by atomic mass is 79.9. The van der Waals surface area contributed by atoms with Gasteiger partial charge in [-0.3, -0.25) is 0 Å². The van der Waals surface area contributed by atoms with E-state index in [4.69, 9.17) is 4.74 Å². The van der Waals surface area contributed by atoms with Gasteiger partial charge >= 0.3 is 0 Å². The first-order valence-corrected chi connectivity index (χ1v) is 9.82. The Morgan fingerprint density at radius 3 is 2.50 bits per heavy atom. The second-order valence-electron chi connectivity index (χ2n) is 6.77. The maximum absolute atomic E-state index is 5.58. The molecule has 4 rings (SSSR count). The van der Waals surface area contributed by atoms with Crippen molar-refractivity contribution in [3.05, 3.63) is 62.8 Å². The molecule has 0 N–H and O–H groups in total. The van der Waals surface area contributed by atoms with Gasteiger partial charge in [0.05, 0.1) is 13.2 Å². The first-order valence-electron chi connectivity index (χ1n) is 9.03. The topological polar surface area (TPSA) is 12.5 Å². The van der Waals surface area contributed by atoms with Crippen LogP contribution in [0.2, 0.25) is 0 Å². The molecule has 1 aliphatic heterocycles. The number of rotatable bonds is 3. The van der Waals surface area contributed by atoms with Gasteiger partial charge in [0.1, 0.15) is 0 Å². The Labute approximate surface area is 153 Å². The molecular formula is C21H24BrNO. The Hall–Kier alpha value is -1.32. The van der Waals surface area contributed by atoms with Crippen LogP contribution in [0.1, 0.15) is 37.7 Å². The van der Waals surface area contributed by atoms with Crippen LogP contribution in [0.5, 0.6) is 0 Å². The Kier molecular flexibility index (Phi) is 4.91. The summed E-state index contributed by atoms with van der Waals surface area (Å²) in [7, 11) is 0. The second kappa shape index (κ2) is 7.28. The SMILES string of the molecule is Brc1ccc(C=C2CCC(C3=CCCC3)=C2N2CCOCC2)cc1. The quantitative estimate of drug-likeness (QED) is 0.697. The van der Waals surface area contributed by atoms with Crippen LogP contribution in [0.3, 0.4) is 0 Å². The molecule has 0 unspecified atom stereocenters. The number of morpholine rings is 1. The van der Waals surface area contributed by atoms with Gasteiger partial charge in [0.25, 0.3) is 0 Å². The van der Waals surface area contributed by atoms with Gasteiger partial charge in [-0.15, -0.1) is 0 Å². The lowest BCUT2D eigenvalue weighted by Gasteiger charge is -2.32. The Morgan fingerprint density at radius 1 is 1.00 bits per heavy atom. The van der Waals surface area contributed by atoms with Gasteiger partial charge in [-0.1, -0.05) is 34.1 Å². The summed E-state index contributed by atoms with van der Waals surface area (Å²) >= 11 is 3.53. The molecule has 1 aromatic rings. The molecule has 0 spiro atoms. The van der Waals surface area contributed by atoms with Crippen molar-refractivity contribution in [1.82, 2.24) is 4.90 Å². The molecule has 0 atom stereocenters. The molecule has 0 saturated carbocycles. The minimum Gasteiger partial charge on any atom is -0.378 e. The molecule has 1 heterocycles. The molecule has 2 nitrogen and oxygen atoms in total. The highest BCUT2D eigenvalue weighted by molar-refractivity contribution is 9.10. The first kappa shape index (κ1) is 16.2. The van der Waals surface area contributed by atoms with E-state index in [1.165, 1.54) is 42.5 Å². The summed E-state index contributed by atoms with van der Waals surface area (Å²) in [6.07, 6.45) is 11.0. The van der Waals surface area contributed by atoms with Crippen molar-refractivity contribution in [1.29, 1.82) is 0 Å². The van der Waals surface area contributed by atoms with Crippen molar-refractivity contribution in [3.8, 4) is 0 Å². The summed E-state index contributed by atoms with van der Waals surface area (Å²) in [6, 6.07) is 8.64. The number of nitrogens with zero attached hydrogens (tertiary/aromatic N) is 1. The molecule has 3 aliphatic rings. The zero-order valence-corrected chi connectivity index (χ0v) is 15.6. The normalized spacial score (nSPS) is 23.3. The maximum Gasteiger partial charge on any atom is 0.0642 e. The van der Waals surface area contributed by atoms with Gasteiger partial charge in [0.2, 0.25) is 0 Å². The van der Waals surface area contributed by atoms with Gasteiger partial charge < -0.3 is 9.64 Å². The largest absolute Gasteiger partial charge is 0.378 e. The van der Waals surface area contributed by atoms with E-state index in [9.17, 15) is 0 Å². The molecule has 0 amide bonds. The van der Waals surface area contributed by atoms with Crippen LogP contribution in [-0.2, 0) is 4.74 Å². The Balaban J connectivity index is 1.71. The van der Waals surface area contributed by atoms with Crippen molar-refractivity contribution in [2.24, 2.45) is 0 Å². The number of hydrogen-bond donors (Lipinski definition) is 0. The van der Waals surface area contributed by atoms with E-state index in [0.29, 0.717) is 0 Å². The summed E-state index contributed by atoms with van der Waals surface area (Å²) in [5, 5.41) is 0. The van der Waals surface area contributed by atoms with Crippen LogP contribution in [-0.4, -0.2) is 31.2 Å². The second-order valence-corrected chi connectivity index (χ2v) is 7.68. The summed E-state index contributed by atoms with van der Waals surface area (Å²) < 4.78 is 6.72. The van der Waals surface area contributed by atoms with E-state index in [1.807, 2.05) is 0 Å². The molecule has 0 aromatic heterocycles. The number of halogens is 1. The average molecular weight is 386 g/mol. The van der Waals surface area contributed by atoms with Crippen molar-refractivity contribution in [2.45, 2.75) is 32.1 Å². The van der Waals surface area contributed by atoms with Gasteiger partial charge in [-0.25, -0.2) is 0 Å². The van der Waals surface area contributed by atoms with E-state index >= 15 is 0 Å². The third-order valence-corrected chi connectivity index (χ3v) is 5.73. The number of ether oxygens (including phenoxy) is 1. The third kappa shape index (κ3) is 3.38. The lowest BCUT2D eigenvalue weighted by Crippen LogP contribution is -2.36. The fourth-order valence-electron chi connectivity index (χ4n) is 4.03. The van der Waals surface area contributed by atoms with Gasteiger partial charge in [0.15, 0.2) is 0 Å². The van der Waals surface area contributed by atoms with Gasteiger partial charge in [0, 0.05) is 23.3 Å². The highest BCUT2D eigenvalue weighted by Crippen LogP contribution is 2.41. The standard InChI is InChI=1S/C21H24BrNO/c22-19-8-5-16(6-9-19)15-18-7-10-20(17-3-1-2-4-17)21(18)23-11-13-24-14-12-23/h3,5-6,8-9,15H,1-2,4,7,10-14H2. The molecule has 0 radical (unpaired) electrons. The van der Waals surface area contributed by atoms with Crippen LogP contribution in [0, 0.1) is 0 Å². The van der Waals surface area contributed by atoms with Crippen LogP contribution >= 0.6 is 15.9 Å². The summed E-state index contributed by atoms with van der Waals surface area (Å²) in [6.45, 7) is 3.73. The van der Waals surface area contributed by atoms with Crippen LogP contribution < -0.4 is 0 Å². The number of allylic oxidation sites excluding steroid dienone is 4. The highest BCUT2D eigenvalue weighted by Gasteiger charge is 2.28. The minimum atomic E-state index is 0.849. The fourth-order valence-corrected chi connectivity index (χ4v) is 4.29. The minimum absolute atomic E-state index is 0.849. The zero-order chi connectivity index (χ0) is 16.4. The van der Waals surface area contributed by atoms with Crippen molar-refractivity contribution < 1.29 is 4.74 Å². The fraction of sp³-hybridized carbons (Fsp3) is 0.429. The number of hydrogen-bond acceptors (Lipinski definition) is 2. The third-order valence-electron chi connectivity index (χ3n) is 5.20. The Bertz CT molecular complexity index is 693. The van der Waals surface area contributed by atoms with Gasteiger partial charge in [-0.2, -0.15) is 0 Å². The van der Waals surface area contributed by atoms with Crippen LogP contribution in [0.15, 0.2) is 57.2 Å². The van der Waals surface area contributed by atoms with E-state index in [-0.39, 0.29) is 0 Å². The molecule has 3 heteroatoms. The molecular weight excluding hydrogens is 362 g/mol. The lowest BCUT2D eigenvalue weighted by molar-refractivity contribution is 0.0547. The predicted molar refractivity (Wildman–Crippen MR) is 103 cm³/mol. The first-order chi connectivity index (χ1) is 11.8. The zero-order valence-electron chi connectivity index (χ0n) is 14.1.